The fraction of sp³-hybridized carbons (Fsp3) is 0.458. The summed E-state index contributed by atoms with van der Waals surface area (Å²) in [5, 5.41) is 7.17. The number of rotatable bonds is 6. The highest BCUT2D eigenvalue weighted by molar-refractivity contribution is 6.30. The van der Waals surface area contributed by atoms with Crippen LogP contribution in [0.5, 0.6) is 0 Å². The van der Waals surface area contributed by atoms with Crippen molar-refractivity contribution in [2.75, 3.05) is 42.9 Å². The Bertz CT molecular complexity index is 1000. The molecule has 2 atom stereocenters. The second-order valence-corrected chi connectivity index (χ2v) is 9.18. The number of halogens is 1. The van der Waals surface area contributed by atoms with E-state index in [2.05, 4.69) is 45.9 Å². The van der Waals surface area contributed by atoms with Crippen LogP contribution in [-0.4, -0.2) is 59.5 Å². The van der Waals surface area contributed by atoms with E-state index in [0.717, 1.165) is 22.8 Å². The summed E-state index contributed by atoms with van der Waals surface area (Å²) in [6.45, 7) is 13.2. The third-order valence-electron chi connectivity index (χ3n) is 6.04. The summed E-state index contributed by atoms with van der Waals surface area (Å²) in [4.78, 5) is 26.6. The van der Waals surface area contributed by atoms with E-state index in [-0.39, 0.29) is 17.9 Å². The summed E-state index contributed by atoms with van der Waals surface area (Å²) in [6, 6.07) is 7.86. The molecule has 2 aliphatic heterocycles. The lowest BCUT2D eigenvalue weighted by Crippen LogP contribution is -2.51. The monoisotopic (exact) mass is 470 g/mol. The zero-order chi connectivity index (χ0) is 23.5. The van der Waals surface area contributed by atoms with Gasteiger partial charge in [0.05, 0.1) is 11.5 Å². The molecular weight excluding hydrogens is 440 g/mol. The Kier molecular flexibility index (Phi) is 7.05. The van der Waals surface area contributed by atoms with Crippen molar-refractivity contribution in [2.24, 2.45) is 0 Å². The second kappa shape index (κ2) is 9.97. The number of nitrogens with zero attached hydrogens (tertiary/aromatic N) is 4. The van der Waals surface area contributed by atoms with Crippen LogP contribution in [0.3, 0.4) is 0 Å². The molecule has 0 saturated carbocycles. The van der Waals surface area contributed by atoms with Crippen molar-refractivity contribution in [3.8, 4) is 0 Å². The van der Waals surface area contributed by atoms with Crippen molar-refractivity contribution in [3.63, 3.8) is 0 Å². The number of anilines is 2. The van der Waals surface area contributed by atoms with Gasteiger partial charge in [0.1, 0.15) is 24.1 Å². The zero-order valence-corrected chi connectivity index (χ0v) is 20.1. The molecule has 1 saturated heterocycles. The molecule has 8 nitrogen and oxygen atoms in total. The van der Waals surface area contributed by atoms with Gasteiger partial charge in [0.15, 0.2) is 5.88 Å². The lowest BCUT2D eigenvalue weighted by atomic mass is 9.96. The Morgan fingerprint density at radius 3 is 2.61 bits per heavy atom. The zero-order valence-electron chi connectivity index (χ0n) is 19.3. The van der Waals surface area contributed by atoms with Crippen LogP contribution in [-0.2, 0) is 9.53 Å². The molecule has 176 valence electrons. The van der Waals surface area contributed by atoms with E-state index in [1.54, 1.807) is 6.33 Å². The van der Waals surface area contributed by atoms with Crippen molar-refractivity contribution in [1.82, 2.24) is 20.2 Å². The molecule has 0 aliphatic carbocycles. The van der Waals surface area contributed by atoms with E-state index in [1.165, 1.54) is 0 Å². The summed E-state index contributed by atoms with van der Waals surface area (Å²) in [7, 11) is 0. The predicted octanol–water partition coefficient (Wildman–Crippen LogP) is 3.53. The topological polar surface area (TPSA) is 82.6 Å². The van der Waals surface area contributed by atoms with Crippen LogP contribution in [0.15, 0.2) is 43.1 Å². The Morgan fingerprint density at radius 2 is 1.94 bits per heavy atom. The number of carbonyl (C=O) groups is 1. The van der Waals surface area contributed by atoms with Crippen molar-refractivity contribution in [1.29, 1.82) is 0 Å². The first-order valence-corrected chi connectivity index (χ1v) is 11.7. The number of benzene rings is 1. The fourth-order valence-electron chi connectivity index (χ4n) is 4.30. The van der Waals surface area contributed by atoms with Crippen molar-refractivity contribution in [3.05, 3.63) is 59.2 Å². The molecule has 2 aromatic rings. The van der Waals surface area contributed by atoms with Gasteiger partial charge in [-0.1, -0.05) is 37.6 Å². The van der Waals surface area contributed by atoms with Gasteiger partial charge in [-0.2, -0.15) is 0 Å². The van der Waals surface area contributed by atoms with E-state index in [0.29, 0.717) is 49.7 Å². The van der Waals surface area contributed by atoms with Gasteiger partial charge in [-0.3, -0.25) is 4.79 Å². The molecule has 1 aromatic carbocycles. The number of carbonyl (C=O) groups excluding carboxylic acids is 1. The van der Waals surface area contributed by atoms with E-state index in [4.69, 9.17) is 16.3 Å². The summed E-state index contributed by atoms with van der Waals surface area (Å²) in [5.41, 5.74) is 1.90. The molecule has 1 fully saturated rings. The van der Waals surface area contributed by atoms with Crippen molar-refractivity contribution < 1.29 is 9.53 Å². The number of piperazine rings is 1. The van der Waals surface area contributed by atoms with Gasteiger partial charge in [-0.15, -0.1) is 0 Å². The van der Waals surface area contributed by atoms with Crippen LogP contribution in [0, 0.1) is 0 Å². The van der Waals surface area contributed by atoms with Gasteiger partial charge in [0.25, 0.3) is 0 Å². The largest absolute Gasteiger partial charge is 0.471 e. The molecular formula is C24H31ClN6O2. The number of ether oxygens (including phenoxy) is 1. The fourth-order valence-corrected chi connectivity index (χ4v) is 4.43. The molecule has 1 amide bonds. The first-order valence-electron chi connectivity index (χ1n) is 11.3. The number of fused-ring (bicyclic) bond motifs is 1. The number of hydrogen-bond acceptors (Lipinski definition) is 7. The molecule has 0 spiro atoms. The maximum absolute atomic E-state index is 13.5. The number of amides is 1. The molecule has 2 aliphatic rings. The molecule has 9 heteroatoms. The van der Waals surface area contributed by atoms with Crippen LogP contribution in [0.1, 0.15) is 43.9 Å². The standard InChI is InChI=1S/C24H31ClN6O2/c1-15(2)26-13-20(18-5-7-19(25)8-6-18)24(32)31-11-9-30(10-12-31)23-21-16(3)33-17(4)29-22(21)27-14-28-23/h5-8,14-16,20,26H,4,9-13H2,1-3H3,(H,27,28,29)/t16-,20-/m1/s1. The molecule has 33 heavy (non-hydrogen) atoms. The Morgan fingerprint density at radius 1 is 1.24 bits per heavy atom. The quantitative estimate of drug-likeness (QED) is 0.668. The maximum Gasteiger partial charge on any atom is 0.231 e. The van der Waals surface area contributed by atoms with E-state index in [9.17, 15) is 4.79 Å². The first-order chi connectivity index (χ1) is 15.8. The average Bonchev–Trinajstić information content (AvgIpc) is 2.79. The minimum absolute atomic E-state index is 0.129. The highest BCUT2D eigenvalue weighted by Crippen LogP contribution is 2.37. The van der Waals surface area contributed by atoms with Crippen LogP contribution >= 0.6 is 11.6 Å². The normalized spacial score (nSPS) is 19.1. The van der Waals surface area contributed by atoms with Gasteiger partial charge in [0, 0.05) is 43.8 Å². The lowest BCUT2D eigenvalue weighted by molar-refractivity contribution is -0.133. The van der Waals surface area contributed by atoms with E-state index < -0.39 is 0 Å². The molecule has 3 heterocycles. The van der Waals surface area contributed by atoms with Crippen molar-refractivity contribution in [2.45, 2.75) is 38.8 Å². The SMILES string of the molecule is C=C1Nc2ncnc(N3CCN(C(=O)[C@H](CNC(C)C)c4ccc(Cl)cc4)CC3)c2[C@@H](C)O1. The van der Waals surface area contributed by atoms with Gasteiger partial charge in [-0.05, 0) is 31.2 Å². The Labute approximate surface area is 200 Å². The smallest absolute Gasteiger partial charge is 0.231 e. The van der Waals surface area contributed by atoms with E-state index in [1.807, 2.05) is 36.1 Å². The van der Waals surface area contributed by atoms with Gasteiger partial charge < -0.3 is 25.2 Å². The highest BCUT2D eigenvalue weighted by Gasteiger charge is 2.32. The Balaban J connectivity index is 1.47. The van der Waals surface area contributed by atoms with Crippen LogP contribution in [0.2, 0.25) is 5.02 Å². The van der Waals surface area contributed by atoms with Gasteiger partial charge in [-0.25, -0.2) is 9.97 Å². The molecule has 0 radical (unpaired) electrons. The minimum atomic E-state index is -0.258. The molecule has 4 rings (SSSR count). The molecule has 2 N–H and O–H groups in total. The molecule has 0 unspecified atom stereocenters. The number of hydrogen-bond donors (Lipinski definition) is 2. The van der Waals surface area contributed by atoms with Crippen LogP contribution in [0.4, 0.5) is 11.6 Å². The summed E-state index contributed by atoms with van der Waals surface area (Å²) < 4.78 is 5.75. The maximum atomic E-state index is 13.5. The van der Waals surface area contributed by atoms with Crippen LogP contribution in [0.25, 0.3) is 0 Å². The molecule has 1 aromatic heterocycles. The Hall–Kier alpha value is -2.84. The number of nitrogens with one attached hydrogen (secondary N) is 2. The third kappa shape index (κ3) is 5.23. The summed E-state index contributed by atoms with van der Waals surface area (Å²) >= 11 is 6.07. The van der Waals surface area contributed by atoms with E-state index >= 15 is 0 Å². The minimum Gasteiger partial charge on any atom is -0.471 e. The lowest BCUT2D eigenvalue weighted by Gasteiger charge is -2.39. The predicted molar refractivity (Wildman–Crippen MR) is 130 cm³/mol. The third-order valence-corrected chi connectivity index (χ3v) is 6.29. The van der Waals surface area contributed by atoms with Crippen LogP contribution < -0.4 is 15.5 Å². The van der Waals surface area contributed by atoms with Crippen molar-refractivity contribution >= 4 is 29.1 Å². The summed E-state index contributed by atoms with van der Waals surface area (Å²) in [5.74, 6) is 1.93. The first kappa shape index (κ1) is 23.3. The average molecular weight is 471 g/mol. The second-order valence-electron chi connectivity index (χ2n) is 8.75. The molecule has 0 bridgehead atoms. The number of aromatic nitrogens is 2. The summed E-state index contributed by atoms with van der Waals surface area (Å²) in [6.07, 6.45) is 1.36. The highest BCUT2D eigenvalue weighted by atomic mass is 35.5. The van der Waals surface area contributed by atoms with Gasteiger partial charge >= 0.3 is 0 Å². The van der Waals surface area contributed by atoms with Gasteiger partial charge in [0.2, 0.25) is 5.91 Å².